The third-order valence-electron chi connectivity index (χ3n) is 12.7. The van der Waals surface area contributed by atoms with Gasteiger partial charge in [0.05, 0.1) is 13.2 Å². The standard InChI is InChI=1S/C46H54N2O6/c1-5-9-21-45(27-49,22-10-6-2)25-47-41(51)33-17-13-29-31-15-19-35-40-36(20-16-32(38(31)40)30-14-18-34(42(47)52)39(33)37(29)30)44(54)48(43(35)53)26-46(28-50,23-11-7-3)24-12-8-4/h13-20,49-50H,5-12,21-28H2,1-4H3. The first kappa shape index (κ1) is 37.9. The molecule has 54 heavy (non-hydrogen) atoms. The maximum Gasteiger partial charge on any atom is 0.261 e. The van der Waals surface area contributed by atoms with E-state index in [9.17, 15) is 29.4 Å². The second-order valence-electron chi connectivity index (χ2n) is 16.3. The molecule has 284 valence electrons. The maximum absolute atomic E-state index is 14.3. The van der Waals surface area contributed by atoms with E-state index in [1.165, 1.54) is 9.80 Å². The monoisotopic (exact) mass is 730 g/mol. The van der Waals surface area contributed by atoms with Crippen molar-refractivity contribution >= 4 is 66.7 Å². The van der Waals surface area contributed by atoms with Crippen molar-refractivity contribution in [2.75, 3.05) is 26.3 Å². The summed E-state index contributed by atoms with van der Waals surface area (Å²) in [5, 5.41) is 27.7. The molecule has 5 aromatic carbocycles. The Morgan fingerprint density at radius 3 is 0.907 bits per heavy atom. The fourth-order valence-corrected chi connectivity index (χ4v) is 9.52. The molecule has 0 saturated carbocycles. The number of carbonyl (C=O) groups excluding carboxylic acids is 4. The van der Waals surface area contributed by atoms with Crippen molar-refractivity contribution in [2.45, 2.75) is 105 Å². The Morgan fingerprint density at radius 2 is 0.685 bits per heavy atom. The number of nitrogens with zero attached hydrogens (tertiary/aromatic N) is 2. The van der Waals surface area contributed by atoms with E-state index < -0.39 is 10.8 Å². The molecule has 0 saturated heterocycles. The second-order valence-corrected chi connectivity index (χ2v) is 16.3. The molecule has 4 amide bonds. The van der Waals surface area contributed by atoms with Crippen LogP contribution >= 0.6 is 0 Å². The van der Waals surface area contributed by atoms with Crippen LogP contribution in [-0.4, -0.2) is 69.9 Å². The quantitative estimate of drug-likeness (QED) is 0.0527. The molecule has 8 nitrogen and oxygen atoms in total. The SMILES string of the molecule is CCCCC(CO)(CCCC)CN1C(=O)c2ccc3c4ccc5c6c(ccc(c7ccc(c2c37)C1=O)c64)C(=O)N(CC(CO)(CCCC)CCCC)C5=O. The lowest BCUT2D eigenvalue weighted by Gasteiger charge is -2.39. The summed E-state index contributed by atoms with van der Waals surface area (Å²) in [5.74, 6) is -1.37. The molecule has 0 aliphatic carbocycles. The molecular formula is C46H54N2O6. The molecule has 0 radical (unpaired) electrons. The van der Waals surface area contributed by atoms with Crippen LogP contribution in [0.5, 0.6) is 0 Å². The second kappa shape index (κ2) is 15.0. The zero-order valence-corrected chi connectivity index (χ0v) is 32.4. The van der Waals surface area contributed by atoms with Gasteiger partial charge in [0.25, 0.3) is 23.6 Å². The molecule has 2 aliphatic rings. The first-order chi connectivity index (χ1) is 26.1. The Labute approximate surface area is 317 Å². The molecule has 7 rings (SSSR count). The van der Waals surface area contributed by atoms with E-state index in [0.29, 0.717) is 33.0 Å². The molecule has 2 heterocycles. The van der Waals surface area contributed by atoms with Crippen molar-refractivity contribution in [3.05, 3.63) is 70.8 Å². The number of fused-ring (bicyclic) bond motifs is 2. The van der Waals surface area contributed by atoms with E-state index in [0.717, 1.165) is 109 Å². The average Bonchev–Trinajstić information content (AvgIpc) is 3.20. The van der Waals surface area contributed by atoms with Crippen LogP contribution in [-0.2, 0) is 0 Å². The highest BCUT2D eigenvalue weighted by Crippen LogP contribution is 2.47. The number of imide groups is 2. The number of benzene rings is 5. The highest BCUT2D eigenvalue weighted by molar-refractivity contribution is 6.41. The molecule has 5 aromatic rings. The fraction of sp³-hybridized carbons (Fsp3) is 0.478. The van der Waals surface area contributed by atoms with Crippen LogP contribution in [0.2, 0.25) is 0 Å². The van der Waals surface area contributed by atoms with Gasteiger partial charge in [-0.3, -0.25) is 29.0 Å². The summed E-state index contributed by atoms with van der Waals surface area (Å²) in [5.41, 5.74) is 0.772. The van der Waals surface area contributed by atoms with Gasteiger partial charge in [-0.05, 0) is 82.3 Å². The number of amides is 4. The Kier molecular flexibility index (Phi) is 10.5. The minimum absolute atomic E-state index is 0.0856. The number of rotatable bonds is 18. The number of hydrogen-bond donors (Lipinski definition) is 2. The predicted octanol–water partition coefficient (Wildman–Crippen LogP) is 9.65. The van der Waals surface area contributed by atoms with E-state index in [2.05, 4.69) is 27.7 Å². The summed E-state index contributed by atoms with van der Waals surface area (Å²) in [7, 11) is 0. The van der Waals surface area contributed by atoms with Crippen molar-refractivity contribution in [1.82, 2.24) is 9.80 Å². The average molecular weight is 731 g/mol. The summed E-state index contributed by atoms with van der Waals surface area (Å²) in [6, 6.07) is 15.0. The van der Waals surface area contributed by atoms with Crippen molar-refractivity contribution < 1.29 is 29.4 Å². The van der Waals surface area contributed by atoms with Gasteiger partial charge in [-0.25, -0.2) is 0 Å². The maximum atomic E-state index is 14.3. The molecule has 0 unspecified atom stereocenters. The summed E-state index contributed by atoms with van der Waals surface area (Å²) in [6.07, 6.45) is 10.4. The van der Waals surface area contributed by atoms with Gasteiger partial charge in [0.1, 0.15) is 0 Å². The Morgan fingerprint density at radius 1 is 0.426 bits per heavy atom. The number of unbranched alkanes of at least 4 members (excludes halogenated alkanes) is 4. The fourth-order valence-electron chi connectivity index (χ4n) is 9.52. The molecule has 0 bridgehead atoms. The van der Waals surface area contributed by atoms with Crippen LogP contribution in [0.3, 0.4) is 0 Å². The number of aliphatic hydroxyl groups is 2. The molecule has 2 N–H and O–H groups in total. The first-order valence-corrected chi connectivity index (χ1v) is 20.3. The van der Waals surface area contributed by atoms with Crippen LogP contribution in [0.1, 0.15) is 146 Å². The minimum Gasteiger partial charge on any atom is -0.396 e. The van der Waals surface area contributed by atoms with Crippen LogP contribution in [0.4, 0.5) is 0 Å². The van der Waals surface area contributed by atoms with Crippen molar-refractivity contribution in [3.8, 4) is 0 Å². The zero-order chi connectivity index (χ0) is 38.4. The molecule has 0 fully saturated rings. The van der Waals surface area contributed by atoms with Crippen molar-refractivity contribution in [3.63, 3.8) is 0 Å². The molecule has 2 aliphatic heterocycles. The van der Waals surface area contributed by atoms with Crippen LogP contribution < -0.4 is 0 Å². The molecule has 0 atom stereocenters. The summed E-state index contributed by atoms with van der Waals surface area (Å²) >= 11 is 0. The van der Waals surface area contributed by atoms with E-state index in [-0.39, 0.29) is 49.9 Å². The number of carbonyl (C=O) groups is 4. The highest BCUT2D eigenvalue weighted by atomic mass is 16.3. The first-order valence-electron chi connectivity index (χ1n) is 20.3. The van der Waals surface area contributed by atoms with Gasteiger partial charge < -0.3 is 10.2 Å². The smallest absolute Gasteiger partial charge is 0.261 e. The summed E-state index contributed by atoms with van der Waals surface area (Å²) in [4.78, 5) is 60.0. The third-order valence-corrected chi connectivity index (χ3v) is 12.7. The molecular weight excluding hydrogens is 677 g/mol. The van der Waals surface area contributed by atoms with Crippen LogP contribution in [0, 0.1) is 10.8 Å². The minimum atomic E-state index is -0.552. The van der Waals surface area contributed by atoms with E-state index in [1.807, 2.05) is 48.5 Å². The van der Waals surface area contributed by atoms with Gasteiger partial charge in [-0.15, -0.1) is 0 Å². The predicted molar refractivity (Wildman–Crippen MR) is 216 cm³/mol. The van der Waals surface area contributed by atoms with Gasteiger partial charge in [-0.1, -0.05) is 103 Å². The van der Waals surface area contributed by atoms with Crippen LogP contribution in [0.15, 0.2) is 48.5 Å². The van der Waals surface area contributed by atoms with Gasteiger partial charge >= 0.3 is 0 Å². The molecule has 0 spiro atoms. The largest absolute Gasteiger partial charge is 0.396 e. The summed E-state index contributed by atoms with van der Waals surface area (Å²) < 4.78 is 0. The lowest BCUT2D eigenvalue weighted by atomic mass is 9.77. The molecule has 0 aromatic heterocycles. The molecule has 8 heteroatoms. The van der Waals surface area contributed by atoms with Gasteiger partial charge in [-0.2, -0.15) is 0 Å². The van der Waals surface area contributed by atoms with Gasteiger partial charge in [0.2, 0.25) is 0 Å². The lowest BCUT2D eigenvalue weighted by molar-refractivity contribution is 0.0345. The summed E-state index contributed by atoms with van der Waals surface area (Å²) in [6.45, 7) is 8.62. The zero-order valence-electron chi connectivity index (χ0n) is 32.4. The van der Waals surface area contributed by atoms with Crippen LogP contribution in [0.25, 0.3) is 43.1 Å². The van der Waals surface area contributed by atoms with E-state index in [1.54, 1.807) is 0 Å². The van der Waals surface area contributed by atoms with Crippen molar-refractivity contribution in [2.24, 2.45) is 10.8 Å². The Balaban J connectivity index is 1.34. The van der Waals surface area contributed by atoms with Gasteiger partial charge in [0, 0.05) is 56.9 Å². The van der Waals surface area contributed by atoms with E-state index >= 15 is 0 Å². The topological polar surface area (TPSA) is 115 Å². The Hall–Kier alpha value is -4.40. The normalized spacial score (nSPS) is 15.0. The number of hydrogen-bond acceptors (Lipinski definition) is 6. The van der Waals surface area contributed by atoms with Gasteiger partial charge in [0.15, 0.2) is 0 Å². The third kappa shape index (κ3) is 5.97. The number of aliphatic hydroxyl groups excluding tert-OH is 2. The van der Waals surface area contributed by atoms with E-state index in [4.69, 9.17) is 0 Å². The highest BCUT2D eigenvalue weighted by Gasteiger charge is 2.42. The van der Waals surface area contributed by atoms with Crippen molar-refractivity contribution in [1.29, 1.82) is 0 Å². The lowest BCUT2D eigenvalue weighted by Crippen LogP contribution is -2.48. The Bertz CT molecular complexity index is 1980.